The Labute approximate surface area is 158 Å². The zero-order valence-electron chi connectivity index (χ0n) is 16.8. The highest BCUT2D eigenvalue weighted by Gasteiger charge is 2.54. The molecule has 0 aliphatic carbocycles. The molecular weight excluding hydrogens is 351 g/mol. The first-order valence-electron chi connectivity index (χ1n) is 8.62. The summed E-state index contributed by atoms with van der Waals surface area (Å²) in [6.07, 6.45) is -0.754. The lowest BCUT2D eigenvalue weighted by atomic mass is 9.67. The van der Waals surface area contributed by atoms with Gasteiger partial charge in [-0.15, -0.1) is 0 Å². The van der Waals surface area contributed by atoms with Gasteiger partial charge in [0.25, 0.3) is 0 Å². The Bertz CT molecular complexity index is 814. The molecule has 3 N–H and O–H groups in total. The number of hydrogen-bond donors (Lipinski definition) is 2. The molecule has 0 spiro atoms. The van der Waals surface area contributed by atoms with Gasteiger partial charge in [0.1, 0.15) is 17.0 Å². The van der Waals surface area contributed by atoms with Crippen LogP contribution in [0.2, 0.25) is 0 Å². The topological polar surface area (TPSA) is 97.0 Å². The van der Waals surface area contributed by atoms with E-state index in [9.17, 15) is 14.0 Å². The van der Waals surface area contributed by atoms with Crippen LogP contribution < -0.4 is 11.1 Å². The first kappa shape index (κ1) is 20.7. The van der Waals surface area contributed by atoms with Gasteiger partial charge >= 0.3 is 6.09 Å². The fourth-order valence-electron chi connectivity index (χ4n) is 2.97. The summed E-state index contributed by atoms with van der Waals surface area (Å²) in [6, 6.07) is 4.14. The quantitative estimate of drug-likeness (QED) is 0.734. The van der Waals surface area contributed by atoms with E-state index in [1.54, 1.807) is 41.5 Å². The number of rotatable bonds is 1. The second-order valence-electron chi connectivity index (χ2n) is 8.36. The number of alkyl carbamates (subject to hydrolysis) is 1. The summed E-state index contributed by atoms with van der Waals surface area (Å²) >= 11 is 0. The molecule has 8 heteroatoms. The molecule has 27 heavy (non-hydrogen) atoms. The van der Waals surface area contributed by atoms with Gasteiger partial charge in [0, 0.05) is 18.3 Å². The lowest BCUT2D eigenvalue weighted by Crippen LogP contribution is -2.60. The van der Waals surface area contributed by atoms with Crippen LogP contribution in [0.25, 0.3) is 0 Å². The van der Waals surface area contributed by atoms with Gasteiger partial charge in [-0.2, -0.15) is 0 Å². The standard InChI is InChI=1S/C19H27FN4O3/c1-17(2,3)27-16(26)22-15-23-19(6,18(4,5)14(25)24(15)7)12-10-11(21)8-9-13(12)20/h8-10H,21H2,1-7H3,(H,22,23,26). The van der Waals surface area contributed by atoms with Crippen LogP contribution in [0.1, 0.15) is 47.1 Å². The van der Waals surface area contributed by atoms with Gasteiger partial charge in [-0.05, 0) is 59.7 Å². The van der Waals surface area contributed by atoms with Crippen molar-refractivity contribution >= 4 is 23.6 Å². The Hall–Kier alpha value is -2.64. The van der Waals surface area contributed by atoms with Gasteiger partial charge in [0.15, 0.2) is 0 Å². The third-order valence-corrected chi connectivity index (χ3v) is 4.83. The number of nitrogen functional groups attached to an aromatic ring is 1. The number of carbonyl (C=O) groups excluding carboxylic acids is 2. The van der Waals surface area contributed by atoms with E-state index in [2.05, 4.69) is 10.3 Å². The molecule has 1 atom stereocenters. The van der Waals surface area contributed by atoms with Crippen LogP contribution in [0.15, 0.2) is 23.2 Å². The van der Waals surface area contributed by atoms with Crippen LogP contribution in [0.5, 0.6) is 0 Å². The monoisotopic (exact) mass is 378 g/mol. The normalized spacial score (nSPS) is 22.3. The van der Waals surface area contributed by atoms with Crippen molar-refractivity contribution in [2.24, 2.45) is 10.4 Å². The van der Waals surface area contributed by atoms with Gasteiger partial charge in [-0.1, -0.05) is 0 Å². The first-order chi connectivity index (χ1) is 12.2. The van der Waals surface area contributed by atoms with Crippen LogP contribution >= 0.6 is 0 Å². The van der Waals surface area contributed by atoms with Gasteiger partial charge in [0.05, 0.1) is 5.41 Å². The predicted molar refractivity (Wildman–Crippen MR) is 102 cm³/mol. The molecule has 1 aromatic rings. The van der Waals surface area contributed by atoms with Crippen molar-refractivity contribution < 1.29 is 18.7 Å². The number of nitrogens with two attached hydrogens (primary N) is 1. The van der Waals surface area contributed by atoms with Crippen molar-refractivity contribution in [3.63, 3.8) is 0 Å². The van der Waals surface area contributed by atoms with E-state index in [0.717, 1.165) is 0 Å². The summed E-state index contributed by atoms with van der Waals surface area (Å²) in [5, 5.41) is 2.49. The Kier molecular flexibility index (Phi) is 4.98. The summed E-state index contributed by atoms with van der Waals surface area (Å²) in [6.45, 7) is 10.2. The fourth-order valence-corrected chi connectivity index (χ4v) is 2.97. The van der Waals surface area contributed by atoms with Gasteiger partial charge < -0.3 is 10.5 Å². The maximum atomic E-state index is 14.6. The average molecular weight is 378 g/mol. The van der Waals surface area contributed by atoms with Gasteiger partial charge in [0.2, 0.25) is 11.9 Å². The minimum absolute atomic E-state index is 0.0158. The minimum atomic E-state index is -1.29. The number of carbonyl (C=O) groups is 2. The molecule has 1 aliphatic rings. The van der Waals surface area contributed by atoms with Gasteiger partial charge in [-0.25, -0.2) is 14.2 Å². The Morgan fingerprint density at radius 1 is 1.30 bits per heavy atom. The zero-order valence-corrected chi connectivity index (χ0v) is 16.8. The number of hydrogen-bond acceptors (Lipinski definition) is 5. The number of halogens is 1. The number of nitrogens with one attached hydrogen (secondary N) is 1. The van der Waals surface area contributed by atoms with Crippen molar-refractivity contribution in [3.05, 3.63) is 29.6 Å². The smallest absolute Gasteiger partial charge is 0.414 e. The molecule has 7 nitrogen and oxygen atoms in total. The Balaban J connectivity index is 2.57. The van der Waals surface area contributed by atoms with Crippen LogP contribution in [0.3, 0.4) is 0 Å². The molecule has 0 aromatic heterocycles. The van der Waals surface area contributed by atoms with E-state index in [1.165, 1.54) is 30.1 Å². The van der Waals surface area contributed by atoms with E-state index in [0.29, 0.717) is 5.69 Å². The van der Waals surface area contributed by atoms with Crippen LogP contribution in [-0.2, 0) is 15.1 Å². The third kappa shape index (κ3) is 3.74. The molecule has 1 heterocycles. The van der Waals surface area contributed by atoms with Crippen LogP contribution in [0.4, 0.5) is 14.9 Å². The highest BCUT2D eigenvalue weighted by Crippen LogP contribution is 2.47. The summed E-state index contributed by atoms with van der Waals surface area (Å²) in [5.74, 6) is -0.872. The SMILES string of the molecule is CN1C(=O)C(C)(C)C(C)(c2cc(N)ccc2F)N=C1NC(=O)OC(C)(C)C. The van der Waals surface area contributed by atoms with Crippen LogP contribution in [-0.4, -0.2) is 35.5 Å². The molecule has 0 fully saturated rings. The highest BCUT2D eigenvalue weighted by atomic mass is 19.1. The number of aliphatic imine (C=N–C) groups is 1. The maximum Gasteiger partial charge on any atom is 0.414 e. The molecule has 0 radical (unpaired) electrons. The molecule has 2 amide bonds. The first-order valence-corrected chi connectivity index (χ1v) is 8.62. The predicted octanol–water partition coefficient (Wildman–Crippen LogP) is 3.00. The summed E-state index contributed by atoms with van der Waals surface area (Å²) < 4.78 is 19.8. The van der Waals surface area contributed by atoms with E-state index in [-0.39, 0.29) is 17.4 Å². The van der Waals surface area contributed by atoms with Crippen molar-refractivity contribution in [1.29, 1.82) is 0 Å². The van der Waals surface area contributed by atoms with Crippen LogP contribution in [0, 0.1) is 11.2 Å². The molecule has 2 rings (SSSR count). The van der Waals surface area contributed by atoms with E-state index >= 15 is 0 Å². The maximum absolute atomic E-state index is 14.6. The largest absolute Gasteiger partial charge is 0.444 e. The van der Waals surface area contributed by atoms with Gasteiger partial charge in [-0.3, -0.25) is 15.0 Å². The molecule has 0 saturated heterocycles. The summed E-state index contributed by atoms with van der Waals surface area (Å²) in [5.41, 5.74) is 3.26. The Morgan fingerprint density at radius 2 is 1.89 bits per heavy atom. The number of nitrogens with zero attached hydrogens (tertiary/aromatic N) is 2. The number of ether oxygens (including phenoxy) is 1. The van der Waals surface area contributed by atoms with E-state index < -0.39 is 28.5 Å². The molecule has 0 saturated carbocycles. The summed E-state index contributed by atoms with van der Waals surface area (Å²) in [4.78, 5) is 31.0. The molecule has 0 bridgehead atoms. The third-order valence-electron chi connectivity index (χ3n) is 4.83. The van der Waals surface area contributed by atoms with Crippen molar-refractivity contribution in [3.8, 4) is 0 Å². The second kappa shape index (κ2) is 6.51. The number of anilines is 1. The number of benzene rings is 1. The van der Waals surface area contributed by atoms with Crippen molar-refractivity contribution in [1.82, 2.24) is 10.2 Å². The van der Waals surface area contributed by atoms with Crippen molar-refractivity contribution in [2.75, 3.05) is 12.8 Å². The zero-order chi connectivity index (χ0) is 20.8. The number of guanidine groups is 1. The number of amides is 2. The molecule has 1 aliphatic heterocycles. The second-order valence-corrected chi connectivity index (χ2v) is 8.36. The molecule has 148 valence electrons. The lowest BCUT2D eigenvalue weighted by Gasteiger charge is -2.46. The molecular formula is C19H27FN4O3. The minimum Gasteiger partial charge on any atom is -0.444 e. The van der Waals surface area contributed by atoms with E-state index in [4.69, 9.17) is 10.5 Å². The fraction of sp³-hybridized carbons (Fsp3) is 0.526. The lowest BCUT2D eigenvalue weighted by molar-refractivity contribution is -0.140. The molecule has 1 aromatic carbocycles. The molecule has 1 unspecified atom stereocenters. The van der Waals surface area contributed by atoms with E-state index in [1.807, 2.05) is 0 Å². The van der Waals surface area contributed by atoms with Crippen molar-refractivity contribution in [2.45, 2.75) is 52.7 Å². The average Bonchev–Trinajstić information content (AvgIpc) is 2.51. The summed E-state index contributed by atoms with van der Waals surface area (Å²) in [7, 11) is 1.50. The highest BCUT2D eigenvalue weighted by molar-refractivity contribution is 6.06. The Morgan fingerprint density at radius 3 is 2.44 bits per heavy atom.